The molecule has 0 amide bonds. The highest BCUT2D eigenvalue weighted by atomic mass is 32.2. The van der Waals surface area contributed by atoms with Gasteiger partial charge in [0.2, 0.25) is 0 Å². The molecular formula is C10H11N3O2S. The largest absolute Gasteiger partial charge is 0.284 e. The minimum atomic E-state index is -3.51. The zero-order valence-electron chi connectivity index (χ0n) is 8.66. The van der Waals surface area contributed by atoms with Crippen LogP contribution in [0.3, 0.4) is 0 Å². The smallest absolute Gasteiger partial charge is 0.267 e. The fourth-order valence-electron chi connectivity index (χ4n) is 1.31. The van der Waals surface area contributed by atoms with Crippen molar-refractivity contribution in [3.05, 3.63) is 42.7 Å². The van der Waals surface area contributed by atoms with E-state index < -0.39 is 10.0 Å². The average molecular weight is 237 g/mol. The Labute approximate surface area is 93.8 Å². The number of nitrogens with one attached hydrogen (secondary N) is 1. The van der Waals surface area contributed by atoms with Gasteiger partial charge < -0.3 is 0 Å². The topological polar surface area (TPSA) is 66.1 Å². The van der Waals surface area contributed by atoms with Gasteiger partial charge in [-0.1, -0.05) is 18.2 Å². The normalized spacial score (nSPS) is 11.3. The van der Waals surface area contributed by atoms with Crippen molar-refractivity contribution in [2.75, 3.05) is 11.4 Å². The van der Waals surface area contributed by atoms with Crippen LogP contribution < -0.4 is 4.31 Å². The summed E-state index contributed by atoms with van der Waals surface area (Å²) >= 11 is 0. The van der Waals surface area contributed by atoms with Crippen LogP contribution in [-0.2, 0) is 10.0 Å². The number of sulfonamides is 1. The molecule has 0 radical (unpaired) electrons. The van der Waals surface area contributed by atoms with Crippen LogP contribution in [0.5, 0.6) is 0 Å². The molecular weight excluding hydrogens is 226 g/mol. The van der Waals surface area contributed by atoms with Crippen LogP contribution in [0.25, 0.3) is 0 Å². The molecule has 0 aliphatic rings. The Morgan fingerprint density at radius 2 is 1.94 bits per heavy atom. The van der Waals surface area contributed by atoms with Crippen LogP contribution in [0.15, 0.2) is 47.6 Å². The van der Waals surface area contributed by atoms with Gasteiger partial charge in [0.15, 0.2) is 0 Å². The van der Waals surface area contributed by atoms with Crippen molar-refractivity contribution in [3.63, 3.8) is 0 Å². The number of aromatic amines is 1. The molecule has 0 saturated carbocycles. The Morgan fingerprint density at radius 3 is 2.50 bits per heavy atom. The van der Waals surface area contributed by atoms with E-state index >= 15 is 0 Å². The molecule has 0 aliphatic carbocycles. The summed E-state index contributed by atoms with van der Waals surface area (Å²) in [7, 11) is -2.00. The second-order valence-electron chi connectivity index (χ2n) is 3.24. The molecule has 0 atom stereocenters. The number of aromatic nitrogens is 2. The van der Waals surface area contributed by atoms with Gasteiger partial charge in [-0.15, -0.1) is 0 Å². The van der Waals surface area contributed by atoms with E-state index in [4.69, 9.17) is 0 Å². The molecule has 5 nitrogen and oxygen atoms in total. The molecule has 0 spiro atoms. The van der Waals surface area contributed by atoms with Crippen molar-refractivity contribution in [2.45, 2.75) is 4.90 Å². The maximum Gasteiger partial charge on any atom is 0.267 e. The molecule has 1 N–H and O–H groups in total. The zero-order valence-corrected chi connectivity index (χ0v) is 9.48. The van der Waals surface area contributed by atoms with E-state index in [0.29, 0.717) is 5.69 Å². The second-order valence-corrected chi connectivity index (χ2v) is 5.21. The quantitative estimate of drug-likeness (QED) is 0.873. The molecule has 1 heterocycles. The van der Waals surface area contributed by atoms with Gasteiger partial charge in [-0.05, 0) is 12.1 Å². The van der Waals surface area contributed by atoms with E-state index in [2.05, 4.69) is 10.2 Å². The summed E-state index contributed by atoms with van der Waals surface area (Å²) in [5.74, 6) is 0. The van der Waals surface area contributed by atoms with Gasteiger partial charge in [-0.25, -0.2) is 8.42 Å². The number of H-pyrrole nitrogens is 1. The van der Waals surface area contributed by atoms with Crippen LogP contribution in [0.1, 0.15) is 0 Å². The van der Waals surface area contributed by atoms with Crippen molar-refractivity contribution < 1.29 is 8.42 Å². The maximum atomic E-state index is 12.1. The first-order chi connectivity index (χ1) is 7.62. The number of benzene rings is 1. The number of nitrogens with zero attached hydrogens (tertiary/aromatic N) is 2. The Kier molecular flexibility index (Phi) is 2.66. The molecule has 84 valence electrons. The summed E-state index contributed by atoms with van der Waals surface area (Å²) in [6.07, 6.45) is 2.64. The molecule has 2 rings (SSSR count). The lowest BCUT2D eigenvalue weighted by Crippen LogP contribution is -2.26. The highest BCUT2D eigenvalue weighted by Crippen LogP contribution is 2.20. The molecule has 1 aromatic heterocycles. The Morgan fingerprint density at radius 1 is 1.25 bits per heavy atom. The Bertz CT molecular complexity index is 549. The van der Waals surface area contributed by atoms with Crippen LogP contribution in [0, 0.1) is 0 Å². The summed E-state index contributed by atoms with van der Waals surface area (Å²) in [5, 5.41) is 6.12. The van der Waals surface area contributed by atoms with Gasteiger partial charge in [0.1, 0.15) is 4.90 Å². The number of anilines is 1. The van der Waals surface area contributed by atoms with Crippen molar-refractivity contribution in [1.82, 2.24) is 10.2 Å². The lowest BCUT2D eigenvalue weighted by Gasteiger charge is -2.17. The van der Waals surface area contributed by atoms with E-state index in [1.165, 1.54) is 23.7 Å². The van der Waals surface area contributed by atoms with E-state index in [0.717, 1.165) is 0 Å². The fraction of sp³-hybridized carbons (Fsp3) is 0.100. The predicted molar refractivity (Wildman–Crippen MR) is 60.6 cm³/mol. The van der Waals surface area contributed by atoms with E-state index in [9.17, 15) is 8.42 Å². The summed E-state index contributed by atoms with van der Waals surface area (Å²) in [4.78, 5) is 0.152. The lowest BCUT2D eigenvalue weighted by atomic mass is 10.3. The first kappa shape index (κ1) is 10.7. The minimum absolute atomic E-state index is 0.152. The summed E-state index contributed by atoms with van der Waals surface area (Å²) < 4.78 is 25.3. The number of hydrogen-bond acceptors (Lipinski definition) is 3. The first-order valence-electron chi connectivity index (χ1n) is 4.65. The van der Waals surface area contributed by atoms with Crippen molar-refractivity contribution in [2.24, 2.45) is 0 Å². The van der Waals surface area contributed by atoms with Gasteiger partial charge >= 0.3 is 0 Å². The maximum absolute atomic E-state index is 12.1. The molecule has 6 heteroatoms. The number of para-hydroxylation sites is 1. The van der Waals surface area contributed by atoms with Crippen LogP contribution in [0.2, 0.25) is 0 Å². The third-order valence-corrected chi connectivity index (χ3v) is 4.00. The highest BCUT2D eigenvalue weighted by molar-refractivity contribution is 7.92. The van der Waals surface area contributed by atoms with E-state index in [1.807, 2.05) is 6.07 Å². The fourth-order valence-corrected chi connectivity index (χ4v) is 2.42. The van der Waals surface area contributed by atoms with Crippen molar-refractivity contribution in [1.29, 1.82) is 0 Å². The van der Waals surface area contributed by atoms with Gasteiger partial charge in [0.25, 0.3) is 10.0 Å². The predicted octanol–water partition coefficient (Wildman–Crippen LogP) is 1.23. The average Bonchev–Trinajstić information content (AvgIpc) is 2.83. The number of rotatable bonds is 3. The summed E-state index contributed by atoms with van der Waals surface area (Å²) in [6, 6.07) is 8.88. The molecule has 1 aromatic carbocycles. The molecule has 16 heavy (non-hydrogen) atoms. The molecule has 0 unspecified atom stereocenters. The van der Waals surface area contributed by atoms with Gasteiger partial charge in [0, 0.05) is 13.2 Å². The summed E-state index contributed by atoms with van der Waals surface area (Å²) in [6.45, 7) is 0. The van der Waals surface area contributed by atoms with E-state index in [1.54, 1.807) is 24.3 Å². The molecule has 0 fully saturated rings. The SMILES string of the molecule is CN(c1ccccc1)S(=O)(=O)c1cn[nH]c1. The molecule has 0 aliphatic heterocycles. The van der Waals surface area contributed by atoms with Gasteiger partial charge in [0.05, 0.1) is 11.9 Å². The van der Waals surface area contributed by atoms with E-state index in [-0.39, 0.29) is 4.90 Å². The second kappa shape index (κ2) is 3.97. The lowest BCUT2D eigenvalue weighted by molar-refractivity contribution is 0.594. The molecule has 2 aromatic rings. The van der Waals surface area contributed by atoms with Gasteiger partial charge in [-0.2, -0.15) is 5.10 Å². The van der Waals surface area contributed by atoms with Crippen molar-refractivity contribution in [3.8, 4) is 0 Å². The third-order valence-electron chi connectivity index (χ3n) is 2.25. The summed E-state index contributed by atoms with van der Waals surface area (Å²) in [5.41, 5.74) is 0.615. The van der Waals surface area contributed by atoms with Gasteiger partial charge in [-0.3, -0.25) is 9.40 Å². The Balaban J connectivity index is 2.40. The monoisotopic (exact) mass is 237 g/mol. The Hall–Kier alpha value is -1.82. The third kappa shape index (κ3) is 1.79. The first-order valence-corrected chi connectivity index (χ1v) is 6.09. The van der Waals surface area contributed by atoms with Crippen LogP contribution >= 0.6 is 0 Å². The zero-order chi connectivity index (χ0) is 11.6. The minimum Gasteiger partial charge on any atom is -0.284 e. The number of hydrogen-bond donors (Lipinski definition) is 1. The van der Waals surface area contributed by atoms with Crippen LogP contribution in [-0.4, -0.2) is 25.7 Å². The van der Waals surface area contributed by atoms with Crippen molar-refractivity contribution >= 4 is 15.7 Å². The standard InChI is InChI=1S/C10H11N3O2S/c1-13(9-5-3-2-4-6-9)16(14,15)10-7-11-12-8-10/h2-8H,1H3,(H,11,12). The van der Waals surface area contributed by atoms with Crippen LogP contribution in [0.4, 0.5) is 5.69 Å². The highest BCUT2D eigenvalue weighted by Gasteiger charge is 2.21. The molecule has 0 saturated heterocycles. The molecule has 0 bridgehead atoms.